The third-order valence-electron chi connectivity index (χ3n) is 4.49. The lowest BCUT2D eigenvalue weighted by Crippen LogP contribution is -2.38. The lowest BCUT2D eigenvalue weighted by atomic mass is 10.1. The molecule has 29 heavy (non-hydrogen) atoms. The predicted octanol–water partition coefficient (Wildman–Crippen LogP) is 3.08. The van der Waals surface area contributed by atoms with E-state index in [-0.39, 0.29) is 6.04 Å². The lowest BCUT2D eigenvalue weighted by Gasteiger charge is -2.11. The van der Waals surface area contributed by atoms with E-state index in [1.165, 1.54) is 0 Å². The molecule has 0 aromatic heterocycles. The molecule has 1 saturated carbocycles. The monoisotopic (exact) mass is 434 g/mol. The van der Waals surface area contributed by atoms with Crippen molar-refractivity contribution in [2.24, 2.45) is 4.99 Å². The maximum Gasteiger partial charge on any atom is 0.240 e. The topological polar surface area (TPSA) is 82.6 Å². The van der Waals surface area contributed by atoms with E-state index in [9.17, 15) is 8.42 Å². The summed E-state index contributed by atoms with van der Waals surface area (Å²) in [4.78, 5) is 4.88. The van der Waals surface area contributed by atoms with Gasteiger partial charge in [-0.15, -0.1) is 0 Å². The number of hydrogen-bond donors (Lipinski definition) is 3. The van der Waals surface area contributed by atoms with Gasteiger partial charge < -0.3 is 10.6 Å². The number of halogens is 1. The van der Waals surface area contributed by atoms with E-state index in [2.05, 4.69) is 20.3 Å². The third-order valence-corrected chi connectivity index (χ3v) is 6.26. The molecule has 0 unspecified atom stereocenters. The summed E-state index contributed by atoms with van der Waals surface area (Å²) >= 11 is 6.02. The van der Waals surface area contributed by atoms with Crippen molar-refractivity contribution in [2.45, 2.75) is 43.7 Å². The highest BCUT2D eigenvalue weighted by molar-refractivity contribution is 7.89. The Morgan fingerprint density at radius 1 is 1.10 bits per heavy atom. The summed E-state index contributed by atoms with van der Waals surface area (Å²) in [6.45, 7) is 3.97. The minimum absolute atomic E-state index is 0.102. The maximum atomic E-state index is 12.2. The molecule has 0 heterocycles. The Balaban J connectivity index is 1.54. The summed E-state index contributed by atoms with van der Waals surface area (Å²) in [5.74, 6) is 0.724. The van der Waals surface area contributed by atoms with Crippen molar-refractivity contribution in [1.29, 1.82) is 0 Å². The van der Waals surface area contributed by atoms with Crippen LogP contribution in [0.15, 0.2) is 58.4 Å². The summed E-state index contributed by atoms with van der Waals surface area (Å²) in [6, 6.07) is 14.8. The number of benzene rings is 2. The van der Waals surface area contributed by atoms with Crippen molar-refractivity contribution in [3.8, 4) is 0 Å². The first-order valence-corrected chi connectivity index (χ1v) is 11.7. The Kier molecular flexibility index (Phi) is 7.52. The number of guanidine groups is 1. The number of aliphatic imine (C=N–C) groups is 1. The van der Waals surface area contributed by atoms with Gasteiger partial charge in [-0.3, -0.25) is 0 Å². The highest BCUT2D eigenvalue weighted by Gasteiger charge is 2.27. The molecular formula is C21H27ClN4O2S. The summed E-state index contributed by atoms with van der Waals surface area (Å²) < 4.78 is 27.2. The Bertz CT molecular complexity index is 941. The predicted molar refractivity (Wildman–Crippen MR) is 118 cm³/mol. The second kappa shape index (κ2) is 10.1. The van der Waals surface area contributed by atoms with Crippen LogP contribution in [0.3, 0.4) is 0 Å². The fourth-order valence-electron chi connectivity index (χ4n) is 2.79. The lowest BCUT2D eigenvalue weighted by molar-refractivity contribution is 0.581. The van der Waals surface area contributed by atoms with Gasteiger partial charge in [-0.25, -0.2) is 18.1 Å². The van der Waals surface area contributed by atoms with E-state index >= 15 is 0 Å². The zero-order chi connectivity index (χ0) is 20.7. The third kappa shape index (κ3) is 7.03. The molecule has 3 N–H and O–H groups in total. The molecule has 6 nitrogen and oxygen atoms in total. The van der Waals surface area contributed by atoms with Crippen molar-refractivity contribution < 1.29 is 8.42 Å². The fourth-order valence-corrected chi connectivity index (χ4v) is 4.31. The highest BCUT2D eigenvalue weighted by atomic mass is 35.5. The molecule has 0 bridgehead atoms. The number of sulfonamides is 1. The first-order chi connectivity index (χ1) is 14.0. The molecule has 156 valence electrons. The van der Waals surface area contributed by atoms with Gasteiger partial charge in [0.05, 0.1) is 11.4 Å². The molecule has 0 amide bonds. The van der Waals surface area contributed by atoms with E-state index in [4.69, 9.17) is 11.6 Å². The van der Waals surface area contributed by atoms with Gasteiger partial charge in [0.2, 0.25) is 10.0 Å². The molecule has 0 atom stereocenters. The molecular weight excluding hydrogens is 408 g/mol. The second-order valence-electron chi connectivity index (χ2n) is 7.04. The zero-order valence-electron chi connectivity index (χ0n) is 16.5. The van der Waals surface area contributed by atoms with Crippen LogP contribution in [-0.2, 0) is 23.0 Å². The van der Waals surface area contributed by atoms with Crippen LogP contribution in [0.4, 0.5) is 0 Å². The molecule has 0 spiro atoms. The average Bonchev–Trinajstić information content (AvgIpc) is 3.50. The van der Waals surface area contributed by atoms with Gasteiger partial charge in [-0.2, -0.15) is 0 Å². The van der Waals surface area contributed by atoms with E-state index < -0.39 is 10.0 Å². The molecule has 1 aliphatic carbocycles. The minimum atomic E-state index is -3.42. The molecule has 1 aliphatic rings. The Hall–Kier alpha value is -2.09. The van der Waals surface area contributed by atoms with Gasteiger partial charge in [0.25, 0.3) is 0 Å². The van der Waals surface area contributed by atoms with E-state index in [1.54, 1.807) is 24.3 Å². The summed E-state index contributed by atoms with van der Waals surface area (Å²) in [6.07, 6.45) is 2.68. The van der Waals surface area contributed by atoms with E-state index in [0.717, 1.165) is 54.5 Å². The fraction of sp³-hybridized carbons (Fsp3) is 0.381. The molecule has 0 aliphatic heterocycles. The van der Waals surface area contributed by atoms with E-state index in [1.807, 2.05) is 31.2 Å². The van der Waals surface area contributed by atoms with Gasteiger partial charge in [0.1, 0.15) is 0 Å². The molecule has 0 saturated heterocycles. The first-order valence-electron chi connectivity index (χ1n) is 9.84. The summed E-state index contributed by atoms with van der Waals surface area (Å²) in [7, 11) is -3.42. The van der Waals surface area contributed by atoms with Gasteiger partial charge >= 0.3 is 0 Å². The largest absolute Gasteiger partial charge is 0.357 e. The van der Waals surface area contributed by atoms with Crippen LogP contribution in [0.2, 0.25) is 5.02 Å². The molecule has 1 fully saturated rings. The molecule has 2 aromatic rings. The molecule has 0 radical (unpaired) electrons. The van der Waals surface area contributed by atoms with Crippen LogP contribution in [0.25, 0.3) is 0 Å². The van der Waals surface area contributed by atoms with Crippen LogP contribution >= 0.6 is 11.6 Å². The quantitative estimate of drug-likeness (QED) is 0.418. The van der Waals surface area contributed by atoms with Crippen molar-refractivity contribution in [3.05, 3.63) is 64.7 Å². The Morgan fingerprint density at radius 3 is 2.52 bits per heavy atom. The number of nitrogens with zero attached hydrogens (tertiary/aromatic N) is 1. The number of nitrogens with one attached hydrogen (secondary N) is 3. The highest BCUT2D eigenvalue weighted by Crippen LogP contribution is 2.22. The number of hydrogen-bond acceptors (Lipinski definition) is 3. The van der Waals surface area contributed by atoms with Crippen LogP contribution in [0, 0.1) is 0 Å². The van der Waals surface area contributed by atoms with Crippen molar-refractivity contribution in [3.63, 3.8) is 0 Å². The smallest absolute Gasteiger partial charge is 0.240 e. The SMILES string of the molecule is CCNC(=NCc1ccc(S(=O)(=O)NC2CC2)cc1)NCCc1cccc(Cl)c1. The maximum absolute atomic E-state index is 12.2. The van der Waals surface area contributed by atoms with E-state index in [0.29, 0.717) is 11.4 Å². The van der Waals surface area contributed by atoms with Crippen LogP contribution in [0.5, 0.6) is 0 Å². The van der Waals surface area contributed by atoms with Crippen molar-refractivity contribution in [2.75, 3.05) is 13.1 Å². The van der Waals surface area contributed by atoms with Gasteiger partial charge in [0.15, 0.2) is 5.96 Å². The second-order valence-corrected chi connectivity index (χ2v) is 9.19. The van der Waals surface area contributed by atoms with Gasteiger partial charge in [-0.1, -0.05) is 35.9 Å². The average molecular weight is 435 g/mol. The normalized spacial score (nSPS) is 14.6. The van der Waals surface area contributed by atoms with Gasteiger partial charge in [0, 0.05) is 24.2 Å². The van der Waals surface area contributed by atoms with Gasteiger partial charge in [-0.05, 0) is 61.6 Å². The van der Waals surface area contributed by atoms with Crippen LogP contribution in [0.1, 0.15) is 30.9 Å². The molecule has 3 rings (SSSR count). The first kappa shape index (κ1) is 21.6. The molecule has 2 aromatic carbocycles. The Labute approximate surface area is 177 Å². The Morgan fingerprint density at radius 2 is 1.86 bits per heavy atom. The zero-order valence-corrected chi connectivity index (χ0v) is 18.1. The standard InChI is InChI=1S/C21H27ClN4O2S/c1-2-23-21(24-13-12-16-4-3-5-18(22)14-16)25-15-17-6-10-20(11-7-17)29(27,28)26-19-8-9-19/h3-7,10-11,14,19,26H,2,8-9,12-13,15H2,1H3,(H2,23,24,25). The summed E-state index contributed by atoms with van der Waals surface area (Å²) in [5, 5.41) is 7.27. The van der Waals surface area contributed by atoms with Crippen molar-refractivity contribution in [1.82, 2.24) is 15.4 Å². The van der Waals surface area contributed by atoms with Crippen LogP contribution in [-0.4, -0.2) is 33.5 Å². The summed E-state index contributed by atoms with van der Waals surface area (Å²) in [5.41, 5.74) is 2.11. The molecule has 8 heteroatoms. The van der Waals surface area contributed by atoms with Crippen LogP contribution < -0.4 is 15.4 Å². The van der Waals surface area contributed by atoms with Crippen molar-refractivity contribution >= 4 is 27.6 Å². The minimum Gasteiger partial charge on any atom is -0.357 e. The number of rotatable bonds is 9.